The molecule has 0 heterocycles. The molecule has 0 bridgehead atoms. The van der Waals surface area contributed by atoms with Gasteiger partial charge in [0.2, 0.25) is 0 Å². The van der Waals surface area contributed by atoms with Gasteiger partial charge in [0.25, 0.3) is 0 Å². The summed E-state index contributed by atoms with van der Waals surface area (Å²) in [6, 6.07) is 0.611. The van der Waals surface area contributed by atoms with E-state index in [1.165, 1.54) is 0 Å². The van der Waals surface area contributed by atoms with Gasteiger partial charge in [-0.15, -0.1) is 0 Å². The van der Waals surface area contributed by atoms with E-state index >= 15 is 0 Å². The van der Waals surface area contributed by atoms with Crippen molar-refractivity contribution in [2.75, 3.05) is 12.0 Å². The molecule has 0 amide bonds. The summed E-state index contributed by atoms with van der Waals surface area (Å²) in [4.78, 5) is 0. The lowest BCUT2D eigenvalue weighted by Crippen LogP contribution is -2.21. The first-order chi connectivity index (χ1) is 7.20. The number of hydrogen-bond acceptors (Lipinski definition) is 3. The summed E-state index contributed by atoms with van der Waals surface area (Å²) in [6.07, 6.45) is 1.00. The summed E-state index contributed by atoms with van der Waals surface area (Å²) in [5.74, 6) is -2.58. The van der Waals surface area contributed by atoms with E-state index in [0.29, 0.717) is 0 Å². The Morgan fingerprint density at radius 1 is 1.38 bits per heavy atom. The van der Waals surface area contributed by atoms with Gasteiger partial charge < -0.3 is 5.73 Å². The fourth-order valence-electron chi connectivity index (χ4n) is 1.24. The van der Waals surface area contributed by atoms with Crippen molar-refractivity contribution in [3.63, 3.8) is 0 Å². The van der Waals surface area contributed by atoms with Gasteiger partial charge in [0, 0.05) is 17.3 Å². The number of sulfone groups is 1. The standard InChI is InChI=1S/C9H10ClF2NO2S/c1-16(14,15)4-9(13)5-2-7(11)8(12)3-6(5)10/h2-3,9H,4,13H2,1H3. The Morgan fingerprint density at radius 2 is 1.88 bits per heavy atom. The molecule has 7 heteroatoms. The zero-order chi connectivity index (χ0) is 12.5. The highest BCUT2D eigenvalue weighted by Gasteiger charge is 2.18. The molecule has 0 aliphatic carbocycles. The van der Waals surface area contributed by atoms with Crippen molar-refractivity contribution >= 4 is 21.4 Å². The predicted molar refractivity (Wildman–Crippen MR) is 58.0 cm³/mol. The van der Waals surface area contributed by atoms with E-state index in [1.54, 1.807) is 0 Å². The van der Waals surface area contributed by atoms with Crippen LogP contribution in [0.3, 0.4) is 0 Å². The highest BCUT2D eigenvalue weighted by Crippen LogP contribution is 2.25. The SMILES string of the molecule is CS(=O)(=O)CC(N)c1cc(F)c(F)cc1Cl. The van der Waals surface area contributed by atoms with Crippen LogP contribution < -0.4 is 5.73 Å². The molecule has 1 unspecified atom stereocenters. The summed E-state index contributed by atoms with van der Waals surface area (Å²) < 4.78 is 47.6. The molecule has 0 radical (unpaired) electrons. The second kappa shape index (κ2) is 4.65. The molecule has 16 heavy (non-hydrogen) atoms. The summed E-state index contributed by atoms with van der Waals surface area (Å²) in [5, 5.41) is -0.0879. The van der Waals surface area contributed by atoms with Crippen molar-refractivity contribution < 1.29 is 17.2 Å². The molecule has 0 aliphatic rings. The molecule has 1 rings (SSSR count). The molecule has 0 aliphatic heterocycles. The lowest BCUT2D eigenvalue weighted by molar-refractivity contribution is 0.506. The van der Waals surface area contributed by atoms with Crippen molar-refractivity contribution in [2.45, 2.75) is 6.04 Å². The maximum atomic E-state index is 12.9. The Balaban J connectivity index is 3.09. The van der Waals surface area contributed by atoms with E-state index in [2.05, 4.69) is 0 Å². The van der Waals surface area contributed by atoms with Gasteiger partial charge in [0.05, 0.1) is 5.75 Å². The number of nitrogens with two attached hydrogens (primary N) is 1. The van der Waals surface area contributed by atoms with Gasteiger partial charge in [-0.05, 0) is 17.7 Å². The zero-order valence-electron chi connectivity index (χ0n) is 8.38. The van der Waals surface area contributed by atoms with E-state index in [0.717, 1.165) is 18.4 Å². The fourth-order valence-corrected chi connectivity index (χ4v) is 2.36. The minimum atomic E-state index is -3.31. The van der Waals surface area contributed by atoms with Crippen LogP contribution in [-0.2, 0) is 9.84 Å². The summed E-state index contributed by atoms with van der Waals surface area (Å²) in [5.41, 5.74) is 5.62. The average molecular weight is 270 g/mol. The Morgan fingerprint density at radius 3 is 2.38 bits per heavy atom. The Bertz CT molecular complexity index is 504. The third kappa shape index (κ3) is 3.40. The van der Waals surface area contributed by atoms with Crippen molar-refractivity contribution in [3.8, 4) is 0 Å². The molecule has 1 atom stereocenters. The van der Waals surface area contributed by atoms with Crippen molar-refractivity contribution in [1.29, 1.82) is 0 Å². The van der Waals surface area contributed by atoms with E-state index in [4.69, 9.17) is 17.3 Å². The van der Waals surface area contributed by atoms with Crippen LogP contribution in [0.5, 0.6) is 0 Å². The van der Waals surface area contributed by atoms with Crippen molar-refractivity contribution in [2.24, 2.45) is 5.73 Å². The van der Waals surface area contributed by atoms with E-state index in [1.807, 2.05) is 0 Å². The van der Waals surface area contributed by atoms with Crippen LogP contribution in [0.4, 0.5) is 8.78 Å². The summed E-state index contributed by atoms with van der Waals surface area (Å²) >= 11 is 5.64. The second-order valence-corrected chi connectivity index (χ2v) is 6.08. The number of rotatable bonds is 3. The number of hydrogen-bond donors (Lipinski definition) is 1. The lowest BCUT2D eigenvalue weighted by Gasteiger charge is -2.12. The van der Waals surface area contributed by atoms with Crippen LogP contribution in [0.25, 0.3) is 0 Å². The Labute approximate surface area is 97.1 Å². The van der Waals surface area contributed by atoms with Gasteiger partial charge in [0.15, 0.2) is 11.6 Å². The normalized spacial score (nSPS) is 13.8. The van der Waals surface area contributed by atoms with Crippen LogP contribution in [0.15, 0.2) is 12.1 Å². The molecule has 0 spiro atoms. The highest BCUT2D eigenvalue weighted by atomic mass is 35.5. The van der Waals surface area contributed by atoms with Crippen LogP contribution in [0.1, 0.15) is 11.6 Å². The second-order valence-electron chi connectivity index (χ2n) is 3.49. The third-order valence-corrected chi connectivity index (χ3v) is 3.21. The monoisotopic (exact) mass is 269 g/mol. The molecule has 1 aromatic rings. The Hall–Kier alpha value is -0.720. The fraction of sp³-hybridized carbons (Fsp3) is 0.333. The van der Waals surface area contributed by atoms with E-state index in [-0.39, 0.29) is 16.3 Å². The quantitative estimate of drug-likeness (QED) is 0.849. The zero-order valence-corrected chi connectivity index (χ0v) is 9.95. The molecule has 90 valence electrons. The lowest BCUT2D eigenvalue weighted by atomic mass is 10.1. The van der Waals surface area contributed by atoms with Gasteiger partial charge in [-0.25, -0.2) is 17.2 Å². The summed E-state index contributed by atoms with van der Waals surface area (Å²) in [6.45, 7) is 0. The molecule has 0 aromatic heterocycles. The van der Waals surface area contributed by atoms with Crippen LogP contribution in [0, 0.1) is 11.6 Å². The first kappa shape index (κ1) is 13.3. The Kier molecular flexibility index (Phi) is 3.88. The van der Waals surface area contributed by atoms with Gasteiger partial charge in [-0.2, -0.15) is 0 Å². The molecule has 3 nitrogen and oxygen atoms in total. The largest absolute Gasteiger partial charge is 0.323 e. The van der Waals surface area contributed by atoms with Gasteiger partial charge >= 0.3 is 0 Å². The molecule has 0 saturated carbocycles. The van der Waals surface area contributed by atoms with Gasteiger partial charge in [-0.3, -0.25) is 0 Å². The van der Waals surface area contributed by atoms with Gasteiger partial charge in [-0.1, -0.05) is 11.6 Å². The van der Waals surface area contributed by atoms with Crippen LogP contribution >= 0.6 is 11.6 Å². The first-order valence-electron chi connectivity index (χ1n) is 4.28. The van der Waals surface area contributed by atoms with Gasteiger partial charge in [0.1, 0.15) is 9.84 Å². The number of benzene rings is 1. The third-order valence-electron chi connectivity index (χ3n) is 1.92. The van der Waals surface area contributed by atoms with E-state index < -0.39 is 27.5 Å². The maximum Gasteiger partial charge on any atom is 0.160 e. The first-order valence-corrected chi connectivity index (χ1v) is 6.72. The summed E-state index contributed by atoms with van der Waals surface area (Å²) in [7, 11) is -3.31. The molecular formula is C9H10ClF2NO2S. The smallest absolute Gasteiger partial charge is 0.160 e. The highest BCUT2D eigenvalue weighted by molar-refractivity contribution is 7.90. The number of halogens is 3. The van der Waals surface area contributed by atoms with Crippen molar-refractivity contribution in [3.05, 3.63) is 34.4 Å². The average Bonchev–Trinajstić information content (AvgIpc) is 2.08. The predicted octanol–water partition coefficient (Wildman–Crippen LogP) is 1.66. The molecule has 1 aromatic carbocycles. The van der Waals surface area contributed by atoms with Crippen molar-refractivity contribution in [1.82, 2.24) is 0 Å². The van der Waals surface area contributed by atoms with E-state index in [9.17, 15) is 17.2 Å². The minimum Gasteiger partial charge on any atom is -0.323 e. The van der Waals surface area contributed by atoms with Crippen LogP contribution in [0.2, 0.25) is 5.02 Å². The molecular weight excluding hydrogens is 260 g/mol. The minimum absolute atomic E-state index is 0.0750. The molecule has 0 fully saturated rings. The maximum absolute atomic E-state index is 12.9. The molecule has 2 N–H and O–H groups in total. The topological polar surface area (TPSA) is 60.2 Å². The molecule has 0 saturated heterocycles. The van der Waals surface area contributed by atoms with Crippen LogP contribution in [-0.4, -0.2) is 20.4 Å².